The molecule has 0 heterocycles. The zero-order valence-electron chi connectivity index (χ0n) is 13.6. The molecule has 0 bridgehead atoms. The summed E-state index contributed by atoms with van der Waals surface area (Å²) in [5, 5.41) is 14.1. The minimum absolute atomic E-state index is 0.0150. The first kappa shape index (κ1) is 16.8. The van der Waals surface area contributed by atoms with Gasteiger partial charge >= 0.3 is 5.97 Å². The fraction of sp³-hybridized carbons (Fsp3) is 0.941. The molecule has 0 radical (unpaired) electrons. The van der Waals surface area contributed by atoms with Crippen LogP contribution in [0, 0.1) is 11.3 Å². The maximum atomic E-state index is 11.7. The Labute approximate surface area is 128 Å². The number of hydrogen-bond acceptors (Lipinski definition) is 4. The van der Waals surface area contributed by atoms with E-state index in [1.165, 1.54) is 25.7 Å². The quantitative estimate of drug-likeness (QED) is 0.709. The van der Waals surface area contributed by atoms with E-state index < -0.39 is 5.60 Å². The van der Waals surface area contributed by atoms with E-state index in [1.807, 2.05) is 6.92 Å². The summed E-state index contributed by atoms with van der Waals surface area (Å²) in [6.45, 7) is 6.22. The Hall–Kier alpha value is -0.610. The first-order valence-corrected chi connectivity index (χ1v) is 8.62. The van der Waals surface area contributed by atoms with Gasteiger partial charge in [-0.1, -0.05) is 13.3 Å². The summed E-state index contributed by atoms with van der Waals surface area (Å²) in [5.41, 5.74) is -0.153. The molecule has 0 aromatic heterocycles. The Kier molecular flexibility index (Phi) is 5.67. The molecule has 122 valence electrons. The van der Waals surface area contributed by atoms with E-state index in [0.29, 0.717) is 31.4 Å². The zero-order valence-corrected chi connectivity index (χ0v) is 13.6. The van der Waals surface area contributed by atoms with Gasteiger partial charge in [0.2, 0.25) is 0 Å². The van der Waals surface area contributed by atoms with Crippen LogP contribution in [0.3, 0.4) is 0 Å². The molecular weight excluding hydrogens is 266 g/mol. The van der Waals surface area contributed by atoms with Gasteiger partial charge in [-0.05, 0) is 57.3 Å². The molecule has 2 N–H and O–H groups in total. The maximum absolute atomic E-state index is 11.7. The van der Waals surface area contributed by atoms with Gasteiger partial charge in [0.25, 0.3) is 0 Å². The highest BCUT2D eigenvalue weighted by atomic mass is 16.5. The number of nitrogens with one attached hydrogen (secondary N) is 1. The number of hydrogen-bond donors (Lipinski definition) is 2. The Balaban J connectivity index is 1.71. The molecule has 0 atom stereocenters. The fourth-order valence-corrected chi connectivity index (χ4v) is 3.72. The predicted molar refractivity (Wildman–Crippen MR) is 83.0 cm³/mol. The van der Waals surface area contributed by atoms with Crippen molar-refractivity contribution in [2.45, 2.75) is 70.8 Å². The van der Waals surface area contributed by atoms with Crippen molar-refractivity contribution in [1.82, 2.24) is 5.32 Å². The molecular formula is C17H31NO3. The lowest BCUT2D eigenvalue weighted by Gasteiger charge is -2.43. The van der Waals surface area contributed by atoms with Crippen molar-refractivity contribution in [3.8, 4) is 0 Å². The van der Waals surface area contributed by atoms with Gasteiger partial charge in [0, 0.05) is 13.1 Å². The second-order valence-electron chi connectivity index (χ2n) is 7.06. The van der Waals surface area contributed by atoms with Crippen molar-refractivity contribution in [1.29, 1.82) is 0 Å². The van der Waals surface area contributed by atoms with Crippen molar-refractivity contribution >= 4 is 5.97 Å². The van der Waals surface area contributed by atoms with Crippen LogP contribution >= 0.6 is 0 Å². The zero-order chi connectivity index (χ0) is 15.3. The number of carbonyl (C=O) groups excluding carboxylic acids is 1. The van der Waals surface area contributed by atoms with Crippen LogP contribution in [-0.4, -0.2) is 36.4 Å². The molecule has 2 aliphatic rings. The Morgan fingerprint density at radius 3 is 2.33 bits per heavy atom. The van der Waals surface area contributed by atoms with Gasteiger partial charge in [-0.15, -0.1) is 0 Å². The molecule has 0 spiro atoms. The summed E-state index contributed by atoms with van der Waals surface area (Å²) in [5.74, 6) is -0.106. The van der Waals surface area contributed by atoms with Gasteiger partial charge < -0.3 is 15.2 Å². The predicted octanol–water partition coefficient (Wildman–Crippen LogP) is 2.64. The van der Waals surface area contributed by atoms with E-state index in [0.717, 1.165) is 19.4 Å². The molecule has 0 aromatic rings. The largest absolute Gasteiger partial charge is 0.466 e. The van der Waals surface area contributed by atoms with Crippen molar-refractivity contribution in [2.75, 3.05) is 19.7 Å². The van der Waals surface area contributed by atoms with Crippen molar-refractivity contribution in [3.63, 3.8) is 0 Å². The molecule has 2 aliphatic carbocycles. The van der Waals surface area contributed by atoms with Crippen LogP contribution in [0.2, 0.25) is 0 Å². The summed E-state index contributed by atoms with van der Waals surface area (Å²) in [4.78, 5) is 11.7. The smallest absolute Gasteiger partial charge is 0.308 e. The number of carbonyl (C=O) groups is 1. The van der Waals surface area contributed by atoms with E-state index in [-0.39, 0.29) is 11.9 Å². The molecule has 2 rings (SSSR count). The van der Waals surface area contributed by atoms with Gasteiger partial charge in [-0.25, -0.2) is 0 Å². The van der Waals surface area contributed by atoms with Crippen LogP contribution in [0.4, 0.5) is 0 Å². The molecule has 0 unspecified atom stereocenters. The van der Waals surface area contributed by atoms with Crippen LogP contribution in [0.25, 0.3) is 0 Å². The van der Waals surface area contributed by atoms with E-state index in [2.05, 4.69) is 12.2 Å². The van der Waals surface area contributed by atoms with Crippen molar-refractivity contribution in [3.05, 3.63) is 0 Å². The third-order valence-corrected chi connectivity index (χ3v) is 5.65. The van der Waals surface area contributed by atoms with E-state index in [4.69, 9.17) is 4.74 Å². The average Bonchev–Trinajstić information content (AvgIpc) is 2.43. The van der Waals surface area contributed by atoms with Crippen molar-refractivity contribution < 1.29 is 14.6 Å². The van der Waals surface area contributed by atoms with Gasteiger partial charge in [-0.2, -0.15) is 0 Å². The highest BCUT2D eigenvalue weighted by Gasteiger charge is 2.38. The van der Waals surface area contributed by atoms with Crippen LogP contribution in [0.15, 0.2) is 0 Å². The van der Waals surface area contributed by atoms with Gasteiger partial charge in [0.1, 0.15) is 0 Å². The summed E-state index contributed by atoms with van der Waals surface area (Å²) in [7, 11) is 0. The third kappa shape index (κ3) is 4.19. The fourth-order valence-electron chi connectivity index (χ4n) is 3.72. The molecule has 4 nitrogen and oxygen atoms in total. The standard InChI is InChI=1S/C17H31NO3/c1-3-16(8-5-9-16)12-18-13-17(20)10-6-14(7-11-17)15(19)21-4-2/h14,18,20H,3-13H2,1-2H3. The van der Waals surface area contributed by atoms with E-state index in [1.54, 1.807) is 0 Å². The van der Waals surface area contributed by atoms with Crippen LogP contribution in [0.5, 0.6) is 0 Å². The summed E-state index contributed by atoms with van der Waals surface area (Å²) in [6.07, 6.45) is 8.10. The molecule has 21 heavy (non-hydrogen) atoms. The molecule has 4 heteroatoms. The van der Waals surface area contributed by atoms with E-state index >= 15 is 0 Å². The molecule has 0 aromatic carbocycles. The SMILES string of the molecule is CCOC(=O)C1CCC(O)(CNCC2(CC)CCC2)CC1. The molecule has 2 fully saturated rings. The maximum Gasteiger partial charge on any atom is 0.308 e. The van der Waals surface area contributed by atoms with Gasteiger partial charge in [-0.3, -0.25) is 4.79 Å². The lowest BCUT2D eigenvalue weighted by molar-refractivity contribution is -0.151. The first-order valence-electron chi connectivity index (χ1n) is 8.62. The number of aliphatic hydroxyl groups is 1. The van der Waals surface area contributed by atoms with Crippen LogP contribution in [0.1, 0.15) is 65.2 Å². The van der Waals surface area contributed by atoms with Crippen LogP contribution < -0.4 is 5.32 Å². The first-order chi connectivity index (χ1) is 10.0. The highest BCUT2D eigenvalue weighted by molar-refractivity contribution is 5.72. The Bertz CT molecular complexity index is 338. The highest BCUT2D eigenvalue weighted by Crippen LogP contribution is 2.43. The Morgan fingerprint density at radius 1 is 1.19 bits per heavy atom. The third-order valence-electron chi connectivity index (χ3n) is 5.65. The number of rotatable bonds is 7. The molecule has 2 saturated carbocycles. The van der Waals surface area contributed by atoms with Gasteiger partial charge in [0.05, 0.1) is 18.1 Å². The number of esters is 1. The average molecular weight is 297 g/mol. The topological polar surface area (TPSA) is 58.6 Å². The lowest BCUT2D eigenvalue weighted by atomic mass is 9.67. The molecule has 0 aliphatic heterocycles. The normalized spacial score (nSPS) is 31.5. The van der Waals surface area contributed by atoms with Crippen molar-refractivity contribution in [2.24, 2.45) is 11.3 Å². The minimum atomic E-state index is -0.637. The lowest BCUT2D eigenvalue weighted by Crippen LogP contribution is -2.48. The molecule has 0 saturated heterocycles. The van der Waals surface area contributed by atoms with E-state index in [9.17, 15) is 9.90 Å². The molecule has 0 amide bonds. The Morgan fingerprint density at radius 2 is 1.86 bits per heavy atom. The summed E-state index contributed by atoms with van der Waals surface area (Å²) >= 11 is 0. The van der Waals surface area contributed by atoms with Crippen LogP contribution in [-0.2, 0) is 9.53 Å². The van der Waals surface area contributed by atoms with Gasteiger partial charge in [0.15, 0.2) is 0 Å². The summed E-state index contributed by atoms with van der Waals surface area (Å²) in [6, 6.07) is 0. The second kappa shape index (κ2) is 7.10. The monoisotopic (exact) mass is 297 g/mol. The minimum Gasteiger partial charge on any atom is -0.466 e. The number of ether oxygens (including phenoxy) is 1. The second-order valence-corrected chi connectivity index (χ2v) is 7.06. The summed E-state index contributed by atoms with van der Waals surface area (Å²) < 4.78 is 5.08.